The Morgan fingerprint density at radius 2 is 0.795 bits per heavy atom. The highest BCUT2D eigenvalue weighted by atomic mass is 32.1. The molecular weight excluding hydrogens is 577 g/mol. The first kappa shape index (κ1) is 34.2. The lowest BCUT2D eigenvalue weighted by atomic mass is 10.2. The fourth-order valence-electron chi connectivity index (χ4n) is 4.02. The van der Waals surface area contributed by atoms with E-state index in [0.29, 0.717) is 0 Å². The molecule has 2 heterocycles. The first-order valence-electron chi connectivity index (χ1n) is 15.1. The van der Waals surface area contributed by atoms with E-state index in [-0.39, 0.29) is 0 Å². The molecule has 0 radical (unpaired) electrons. The van der Waals surface area contributed by atoms with Gasteiger partial charge in [0.05, 0.1) is 20.4 Å². The van der Waals surface area contributed by atoms with Gasteiger partial charge < -0.3 is 9.80 Å². The van der Waals surface area contributed by atoms with Crippen LogP contribution in [0.1, 0.15) is 48.8 Å². The Hall–Kier alpha value is -4.26. The zero-order valence-corrected chi connectivity index (χ0v) is 28.8. The maximum Gasteiger partial charge on any atom is 0.117 e. The highest BCUT2D eigenvalue weighted by Crippen LogP contribution is 2.24. The fourth-order valence-corrected chi connectivity index (χ4v) is 5.77. The molecule has 0 saturated heterocycles. The van der Waals surface area contributed by atoms with Crippen LogP contribution in [0.25, 0.3) is 44.7 Å². The fraction of sp³-hybridized carbons (Fsp3) is 0.211. The molecule has 4 aromatic carbocycles. The van der Waals surface area contributed by atoms with Gasteiger partial charge in [0.15, 0.2) is 0 Å². The normalized spacial score (nSPS) is 10.5. The Balaban J connectivity index is 0.000000216. The summed E-state index contributed by atoms with van der Waals surface area (Å²) in [6, 6.07) is 33.5. The summed E-state index contributed by atoms with van der Waals surface area (Å²) < 4.78 is 2.46. The van der Waals surface area contributed by atoms with Crippen molar-refractivity contribution in [2.24, 2.45) is 0 Å². The topological polar surface area (TPSA) is 32.3 Å². The summed E-state index contributed by atoms with van der Waals surface area (Å²) in [6.07, 6.45) is 8.37. The van der Waals surface area contributed by atoms with Crippen molar-refractivity contribution in [1.82, 2.24) is 9.97 Å². The van der Waals surface area contributed by atoms with Crippen molar-refractivity contribution in [2.75, 3.05) is 38.0 Å². The maximum atomic E-state index is 4.60. The van der Waals surface area contributed by atoms with E-state index >= 15 is 0 Å². The van der Waals surface area contributed by atoms with Crippen molar-refractivity contribution in [2.45, 2.75) is 27.7 Å². The largest absolute Gasteiger partial charge is 0.378 e. The molecule has 6 aromatic rings. The zero-order valence-electron chi connectivity index (χ0n) is 27.2. The van der Waals surface area contributed by atoms with Crippen molar-refractivity contribution in [3.63, 3.8) is 0 Å². The average molecular weight is 621 g/mol. The van der Waals surface area contributed by atoms with Gasteiger partial charge in [-0.2, -0.15) is 0 Å². The quantitative estimate of drug-likeness (QED) is 0.185. The van der Waals surface area contributed by atoms with Crippen LogP contribution >= 0.6 is 22.7 Å². The lowest BCUT2D eigenvalue weighted by Gasteiger charge is -2.11. The molecule has 0 fully saturated rings. The molecule has 0 saturated carbocycles. The van der Waals surface area contributed by atoms with Crippen molar-refractivity contribution < 1.29 is 0 Å². The molecule has 0 bridgehead atoms. The minimum atomic E-state index is 1.04. The van der Waals surface area contributed by atoms with Gasteiger partial charge >= 0.3 is 0 Å². The van der Waals surface area contributed by atoms with Crippen molar-refractivity contribution in [3.8, 4) is 0 Å². The number of thiazole rings is 2. The smallest absolute Gasteiger partial charge is 0.117 e. The lowest BCUT2D eigenvalue weighted by molar-refractivity contribution is 1.13. The molecule has 228 valence electrons. The summed E-state index contributed by atoms with van der Waals surface area (Å²) >= 11 is 3.44. The van der Waals surface area contributed by atoms with Crippen LogP contribution in [0.4, 0.5) is 11.4 Å². The third kappa shape index (κ3) is 9.90. The van der Waals surface area contributed by atoms with Crippen molar-refractivity contribution in [1.29, 1.82) is 0 Å². The van der Waals surface area contributed by atoms with Gasteiger partial charge in [0.1, 0.15) is 10.0 Å². The van der Waals surface area contributed by atoms with Crippen molar-refractivity contribution in [3.05, 3.63) is 118 Å². The third-order valence-corrected chi connectivity index (χ3v) is 8.28. The van der Waals surface area contributed by atoms with E-state index in [1.807, 2.05) is 80.2 Å². The van der Waals surface area contributed by atoms with E-state index in [4.69, 9.17) is 0 Å². The Bertz CT molecular complexity index is 1540. The van der Waals surface area contributed by atoms with E-state index < -0.39 is 0 Å². The molecule has 0 atom stereocenters. The Morgan fingerprint density at radius 3 is 1.11 bits per heavy atom. The predicted molar refractivity (Wildman–Crippen MR) is 201 cm³/mol. The minimum absolute atomic E-state index is 1.04. The van der Waals surface area contributed by atoms with Crippen LogP contribution in [0.3, 0.4) is 0 Å². The van der Waals surface area contributed by atoms with E-state index in [2.05, 4.69) is 117 Å². The molecule has 44 heavy (non-hydrogen) atoms. The highest BCUT2D eigenvalue weighted by Gasteiger charge is 2.01. The molecule has 0 aliphatic heterocycles. The number of hydrogen-bond acceptors (Lipinski definition) is 6. The van der Waals surface area contributed by atoms with E-state index in [9.17, 15) is 0 Å². The van der Waals surface area contributed by atoms with Crippen LogP contribution in [0.15, 0.2) is 97.1 Å². The molecule has 0 aliphatic rings. The van der Waals surface area contributed by atoms with Crippen LogP contribution in [0, 0.1) is 0 Å². The van der Waals surface area contributed by atoms with Gasteiger partial charge in [-0.3, -0.25) is 0 Å². The number of nitrogens with zero attached hydrogens (tertiary/aromatic N) is 4. The summed E-state index contributed by atoms with van der Waals surface area (Å²) in [4.78, 5) is 13.4. The summed E-state index contributed by atoms with van der Waals surface area (Å²) in [7, 11) is 8.19. The highest BCUT2D eigenvalue weighted by molar-refractivity contribution is 7.19. The van der Waals surface area contributed by atoms with Gasteiger partial charge in [0.2, 0.25) is 0 Å². The Kier molecular flexibility index (Phi) is 13.8. The molecule has 0 N–H and O–H groups in total. The Morgan fingerprint density at radius 1 is 0.455 bits per heavy atom. The van der Waals surface area contributed by atoms with Gasteiger partial charge in [-0.15, -0.1) is 22.7 Å². The van der Waals surface area contributed by atoms with Crippen LogP contribution < -0.4 is 9.80 Å². The Labute approximate surface area is 271 Å². The zero-order chi connectivity index (χ0) is 31.9. The number of hydrogen-bond donors (Lipinski definition) is 0. The summed E-state index contributed by atoms with van der Waals surface area (Å²) in [5, 5.41) is 2.09. The van der Waals surface area contributed by atoms with Gasteiger partial charge in [0.25, 0.3) is 0 Å². The molecule has 0 unspecified atom stereocenters. The second kappa shape index (κ2) is 17.8. The molecule has 0 amide bonds. The monoisotopic (exact) mass is 620 g/mol. The SMILES string of the molecule is CC.CC.CN(C)c1ccc(/C=C/c2nc3ccccc3s2)cc1.CN(C)c1ccc(/C=C/c2nc3ccccc3s2)cc1. The minimum Gasteiger partial charge on any atom is -0.378 e. The molecule has 6 heteroatoms. The van der Waals surface area contributed by atoms with E-state index in [1.165, 1.54) is 31.9 Å². The third-order valence-electron chi connectivity index (χ3n) is 6.28. The van der Waals surface area contributed by atoms with Crippen molar-refractivity contribution >= 4 is 78.8 Å². The first-order valence-corrected chi connectivity index (χ1v) is 16.7. The summed E-state index contributed by atoms with van der Waals surface area (Å²) in [5.41, 5.74) is 6.94. The second-order valence-electron chi connectivity index (χ2n) is 9.68. The number of anilines is 2. The molecule has 2 aromatic heterocycles. The summed E-state index contributed by atoms with van der Waals surface area (Å²) in [6.45, 7) is 8.00. The second-order valence-corrected chi connectivity index (χ2v) is 11.8. The van der Waals surface area contributed by atoms with Gasteiger partial charge in [0, 0.05) is 39.6 Å². The van der Waals surface area contributed by atoms with Gasteiger partial charge in [-0.05, 0) is 71.8 Å². The number of para-hydroxylation sites is 2. The summed E-state index contributed by atoms with van der Waals surface area (Å²) in [5.74, 6) is 0. The van der Waals surface area contributed by atoms with Gasteiger partial charge in [-0.25, -0.2) is 9.97 Å². The van der Waals surface area contributed by atoms with E-state index in [0.717, 1.165) is 21.0 Å². The van der Waals surface area contributed by atoms with Crippen LogP contribution in [-0.4, -0.2) is 38.2 Å². The molecule has 0 spiro atoms. The van der Waals surface area contributed by atoms with Crippen LogP contribution in [0.2, 0.25) is 0 Å². The number of rotatable bonds is 6. The lowest BCUT2D eigenvalue weighted by Crippen LogP contribution is -2.07. The average Bonchev–Trinajstić information content (AvgIpc) is 3.69. The van der Waals surface area contributed by atoms with Crippen LogP contribution in [0.5, 0.6) is 0 Å². The van der Waals surface area contributed by atoms with Gasteiger partial charge in [-0.1, -0.05) is 88.4 Å². The molecule has 6 rings (SSSR count). The standard InChI is InChI=1S/2C17H16N2S.2C2H6/c2*1-19(2)14-10-7-13(8-11-14)9-12-17-18-15-5-3-4-6-16(15)20-17;2*1-2/h2*3-12H,1-2H3;2*1-2H3/b2*12-9+;;. The van der Waals surface area contributed by atoms with Crippen LogP contribution in [-0.2, 0) is 0 Å². The maximum absolute atomic E-state index is 4.60. The number of aromatic nitrogens is 2. The molecule has 0 aliphatic carbocycles. The molecule has 4 nitrogen and oxygen atoms in total. The number of benzene rings is 4. The predicted octanol–water partition coefficient (Wildman–Crippen LogP) is 11.1. The number of fused-ring (bicyclic) bond motifs is 2. The van der Waals surface area contributed by atoms with E-state index in [1.54, 1.807) is 22.7 Å². The molecular formula is C38H44N4S2. The first-order chi connectivity index (χ1) is 21.4.